The lowest BCUT2D eigenvalue weighted by atomic mass is 9.97. The average Bonchev–Trinajstić information content (AvgIpc) is 3.19. The van der Waals surface area contributed by atoms with E-state index in [2.05, 4.69) is 10.1 Å². The van der Waals surface area contributed by atoms with Crippen LogP contribution in [0.3, 0.4) is 0 Å². The van der Waals surface area contributed by atoms with Crippen molar-refractivity contribution in [3.8, 4) is 11.5 Å². The predicted molar refractivity (Wildman–Crippen MR) is 96.9 cm³/mol. The minimum atomic E-state index is -3.84. The first kappa shape index (κ1) is 17.8. The van der Waals surface area contributed by atoms with Crippen LogP contribution in [0.2, 0.25) is 0 Å². The molecule has 0 spiro atoms. The number of sulfonamides is 1. The van der Waals surface area contributed by atoms with Gasteiger partial charge in [0, 0.05) is 24.6 Å². The number of nitrogens with zero attached hydrogens (tertiary/aromatic N) is 3. The van der Waals surface area contributed by atoms with Crippen LogP contribution in [0.1, 0.15) is 24.6 Å². The molecule has 1 saturated heterocycles. The van der Waals surface area contributed by atoms with Gasteiger partial charge < -0.3 is 4.52 Å². The number of hydrogen-bond acceptors (Lipinski definition) is 5. The Morgan fingerprint density at radius 2 is 1.67 bits per heavy atom. The molecule has 4 rings (SSSR count). The Balaban J connectivity index is 1.47. The molecule has 3 aromatic rings. The van der Waals surface area contributed by atoms with E-state index in [1.54, 1.807) is 0 Å². The molecule has 0 atom stereocenters. The van der Waals surface area contributed by atoms with Crippen LogP contribution >= 0.6 is 0 Å². The third-order valence-corrected chi connectivity index (χ3v) is 6.67. The van der Waals surface area contributed by atoms with Crippen molar-refractivity contribution in [2.45, 2.75) is 23.7 Å². The molecule has 140 valence electrons. The molecule has 0 N–H and O–H groups in total. The van der Waals surface area contributed by atoms with Crippen molar-refractivity contribution in [1.82, 2.24) is 14.4 Å². The van der Waals surface area contributed by atoms with Gasteiger partial charge in [0.25, 0.3) is 5.89 Å². The van der Waals surface area contributed by atoms with Gasteiger partial charge in [0.2, 0.25) is 10.0 Å². The number of halogens is 1. The van der Waals surface area contributed by atoms with Crippen LogP contribution in [0.25, 0.3) is 11.5 Å². The first-order valence-electron chi connectivity index (χ1n) is 8.69. The average molecular weight is 387 g/mol. The molecule has 0 radical (unpaired) electrons. The summed E-state index contributed by atoms with van der Waals surface area (Å²) < 4.78 is 45.9. The molecular formula is C19H18FN3O3S. The second kappa shape index (κ2) is 7.21. The minimum Gasteiger partial charge on any atom is -0.334 e. The molecule has 8 heteroatoms. The molecule has 2 aromatic carbocycles. The first-order chi connectivity index (χ1) is 13.1. The molecule has 1 aliphatic rings. The summed E-state index contributed by atoms with van der Waals surface area (Å²) in [4.78, 5) is 4.17. The maximum atomic E-state index is 13.9. The zero-order valence-electron chi connectivity index (χ0n) is 14.5. The van der Waals surface area contributed by atoms with Crippen molar-refractivity contribution >= 4 is 10.0 Å². The van der Waals surface area contributed by atoms with E-state index in [-0.39, 0.29) is 23.9 Å². The fraction of sp³-hybridized carbons (Fsp3) is 0.263. The molecule has 1 aliphatic heterocycles. The Hall–Kier alpha value is -2.58. The summed E-state index contributed by atoms with van der Waals surface area (Å²) in [5.74, 6) is 0.312. The standard InChI is InChI=1S/C19H18FN3O3S/c20-16-8-4-5-9-17(16)27(24,25)23-12-10-14(11-13-23)18-21-19(26-22-18)15-6-2-1-3-7-15/h1-9,14H,10-13H2. The zero-order chi connectivity index (χ0) is 18.9. The van der Waals surface area contributed by atoms with E-state index < -0.39 is 15.8 Å². The summed E-state index contributed by atoms with van der Waals surface area (Å²) in [7, 11) is -3.84. The monoisotopic (exact) mass is 387 g/mol. The highest BCUT2D eigenvalue weighted by Gasteiger charge is 2.33. The molecule has 27 heavy (non-hydrogen) atoms. The van der Waals surface area contributed by atoms with Crippen molar-refractivity contribution in [3.63, 3.8) is 0 Å². The van der Waals surface area contributed by atoms with E-state index in [0.29, 0.717) is 24.6 Å². The summed E-state index contributed by atoms with van der Waals surface area (Å²) >= 11 is 0. The quantitative estimate of drug-likeness (QED) is 0.685. The topological polar surface area (TPSA) is 76.3 Å². The minimum absolute atomic E-state index is 0.0123. The maximum Gasteiger partial charge on any atom is 0.257 e. The van der Waals surface area contributed by atoms with Crippen molar-refractivity contribution in [1.29, 1.82) is 0 Å². The van der Waals surface area contributed by atoms with Gasteiger partial charge in [-0.2, -0.15) is 9.29 Å². The Morgan fingerprint density at radius 1 is 1.00 bits per heavy atom. The van der Waals surface area contributed by atoms with Crippen LogP contribution in [0.5, 0.6) is 0 Å². The number of piperidine rings is 1. The second-order valence-corrected chi connectivity index (χ2v) is 8.34. The van der Waals surface area contributed by atoms with E-state index >= 15 is 0 Å². The highest BCUT2D eigenvalue weighted by atomic mass is 32.2. The molecular weight excluding hydrogens is 369 g/mol. The highest BCUT2D eigenvalue weighted by Crippen LogP contribution is 2.31. The van der Waals surface area contributed by atoms with Gasteiger partial charge >= 0.3 is 0 Å². The lowest BCUT2D eigenvalue weighted by Crippen LogP contribution is -2.38. The molecule has 1 aromatic heterocycles. The first-order valence-corrected chi connectivity index (χ1v) is 10.1. The molecule has 6 nitrogen and oxygen atoms in total. The van der Waals surface area contributed by atoms with Crippen LogP contribution in [0, 0.1) is 5.82 Å². The van der Waals surface area contributed by atoms with Gasteiger partial charge in [-0.1, -0.05) is 35.5 Å². The molecule has 0 saturated carbocycles. The summed E-state index contributed by atoms with van der Waals surface area (Å²) in [6.45, 7) is 0.576. The van der Waals surface area contributed by atoms with Crippen molar-refractivity contribution < 1.29 is 17.3 Å². The smallest absolute Gasteiger partial charge is 0.257 e. The SMILES string of the molecule is O=S(=O)(c1ccccc1F)N1CCC(c2noc(-c3ccccc3)n2)CC1. The number of hydrogen-bond donors (Lipinski definition) is 0. The molecule has 2 heterocycles. The summed E-state index contributed by atoms with van der Waals surface area (Å²) in [6.07, 6.45) is 1.11. The Bertz CT molecular complexity index is 1030. The lowest BCUT2D eigenvalue weighted by Gasteiger charge is -2.29. The van der Waals surface area contributed by atoms with E-state index in [1.165, 1.54) is 22.5 Å². The van der Waals surface area contributed by atoms with Crippen molar-refractivity contribution in [3.05, 3.63) is 66.2 Å². The molecule has 0 amide bonds. The maximum absolute atomic E-state index is 13.9. The second-order valence-electron chi connectivity index (χ2n) is 6.43. The van der Waals surface area contributed by atoms with Gasteiger partial charge in [0.1, 0.15) is 10.7 Å². The number of benzene rings is 2. The zero-order valence-corrected chi connectivity index (χ0v) is 15.3. The third-order valence-electron chi connectivity index (χ3n) is 4.74. The van der Waals surface area contributed by atoms with Gasteiger partial charge in [-0.05, 0) is 37.1 Å². The van der Waals surface area contributed by atoms with Crippen LogP contribution in [-0.4, -0.2) is 36.0 Å². The molecule has 0 aliphatic carbocycles. The molecule has 1 fully saturated rings. The summed E-state index contributed by atoms with van der Waals surface area (Å²) in [6, 6.07) is 14.9. The Labute approximate surface area is 156 Å². The van der Waals surface area contributed by atoms with E-state index in [4.69, 9.17) is 4.52 Å². The van der Waals surface area contributed by atoms with Crippen molar-refractivity contribution in [2.24, 2.45) is 0 Å². The Kier molecular flexibility index (Phi) is 4.75. The van der Waals surface area contributed by atoms with Crippen LogP contribution in [-0.2, 0) is 10.0 Å². The van der Waals surface area contributed by atoms with E-state index in [0.717, 1.165) is 11.6 Å². The predicted octanol–water partition coefficient (Wildman–Crippen LogP) is 3.44. The molecule has 0 unspecified atom stereocenters. The largest absolute Gasteiger partial charge is 0.334 e. The van der Waals surface area contributed by atoms with E-state index in [9.17, 15) is 12.8 Å². The third kappa shape index (κ3) is 3.50. The lowest BCUT2D eigenvalue weighted by molar-refractivity contribution is 0.306. The van der Waals surface area contributed by atoms with Gasteiger partial charge in [-0.3, -0.25) is 0 Å². The van der Waals surface area contributed by atoms with E-state index in [1.807, 2.05) is 30.3 Å². The number of aromatic nitrogens is 2. The highest BCUT2D eigenvalue weighted by molar-refractivity contribution is 7.89. The Morgan fingerprint density at radius 3 is 2.37 bits per heavy atom. The molecule has 0 bridgehead atoms. The summed E-state index contributed by atoms with van der Waals surface area (Å²) in [5.41, 5.74) is 0.843. The normalized spacial score (nSPS) is 16.5. The fourth-order valence-corrected chi connectivity index (χ4v) is 4.78. The summed E-state index contributed by atoms with van der Waals surface area (Å²) in [5, 5.41) is 4.06. The van der Waals surface area contributed by atoms with Gasteiger partial charge in [-0.25, -0.2) is 12.8 Å². The van der Waals surface area contributed by atoms with Crippen LogP contribution in [0.4, 0.5) is 4.39 Å². The van der Waals surface area contributed by atoms with Gasteiger partial charge in [-0.15, -0.1) is 0 Å². The number of rotatable bonds is 4. The fourth-order valence-electron chi connectivity index (χ4n) is 3.25. The van der Waals surface area contributed by atoms with Crippen LogP contribution in [0.15, 0.2) is 64.0 Å². The van der Waals surface area contributed by atoms with Gasteiger partial charge in [0.05, 0.1) is 0 Å². The van der Waals surface area contributed by atoms with Crippen LogP contribution < -0.4 is 0 Å². The van der Waals surface area contributed by atoms with Gasteiger partial charge in [0.15, 0.2) is 5.82 Å². The van der Waals surface area contributed by atoms with Crippen molar-refractivity contribution in [2.75, 3.05) is 13.1 Å².